The third kappa shape index (κ3) is 3.28. The van der Waals surface area contributed by atoms with E-state index < -0.39 is 0 Å². The third-order valence-corrected chi connectivity index (χ3v) is 4.36. The van der Waals surface area contributed by atoms with Gasteiger partial charge in [0.1, 0.15) is 0 Å². The van der Waals surface area contributed by atoms with E-state index in [-0.39, 0.29) is 0 Å². The Bertz CT molecular complexity index is 315. The second-order valence-corrected chi connectivity index (χ2v) is 5.78. The summed E-state index contributed by atoms with van der Waals surface area (Å²) in [7, 11) is 0. The second kappa shape index (κ2) is 5.43. The van der Waals surface area contributed by atoms with Crippen LogP contribution in [-0.2, 0) is 11.3 Å². The molecule has 1 unspecified atom stereocenters. The van der Waals surface area contributed by atoms with Gasteiger partial charge in [-0.15, -0.1) is 11.3 Å². The van der Waals surface area contributed by atoms with Crippen LogP contribution < -0.4 is 0 Å². The molecule has 1 aromatic rings. The Kier molecular flexibility index (Phi) is 4.20. The van der Waals surface area contributed by atoms with Gasteiger partial charge in [-0.05, 0) is 28.4 Å². The van der Waals surface area contributed by atoms with Crippen molar-refractivity contribution in [2.75, 3.05) is 19.7 Å². The number of morpholine rings is 1. The Labute approximate surface area is 103 Å². The Balaban J connectivity index is 1.88. The monoisotopic (exact) mass is 289 g/mol. The number of rotatable bonds is 3. The molecule has 2 rings (SSSR count). The molecule has 0 saturated carbocycles. The molecule has 0 spiro atoms. The van der Waals surface area contributed by atoms with E-state index in [0.29, 0.717) is 6.10 Å². The lowest BCUT2D eigenvalue weighted by atomic mass is 10.2. The Morgan fingerprint density at radius 1 is 1.67 bits per heavy atom. The predicted molar refractivity (Wildman–Crippen MR) is 67.3 cm³/mol. The largest absolute Gasteiger partial charge is 0.376 e. The number of ether oxygens (including phenoxy) is 1. The van der Waals surface area contributed by atoms with Gasteiger partial charge < -0.3 is 4.74 Å². The van der Waals surface area contributed by atoms with Crippen LogP contribution in [0.15, 0.2) is 15.9 Å². The van der Waals surface area contributed by atoms with Crippen LogP contribution >= 0.6 is 27.3 Å². The highest BCUT2D eigenvalue weighted by Crippen LogP contribution is 2.22. The average molecular weight is 290 g/mol. The van der Waals surface area contributed by atoms with E-state index in [1.165, 1.54) is 9.35 Å². The smallest absolute Gasteiger partial charge is 0.0700 e. The maximum Gasteiger partial charge on any atom is 0.0700 e. The van der Waals surface area contributed by atoms with Crippen LogP contribution in [0.4, 0.5) is 0 Å². The summed E-state index contributed by atoms with van der Waals surface area (Å²) in [5.74, 6) is 0. The molecule has 2 heterocycles. The van der Waals surface area contributed by atoms with E-state index in [1.807, 2.05) is 11.3 Å². The molecule has 1 aliphatic heterocycles. The van der Waals surface area contributed by atoms with Gasteiger partial charge in [-0.25, -0.2) is 0 Å². The van der Waals surface area contributed by atoms with E-state index in [1.54, 1.807) is 0 Å². The van der Waals surface area contributed by atoms with Crippen molar-refractivity contribution in [1.82, 2.24) is 4.90 Å². The number of hydrogen-bond acceptors (Lipinski definition) is 3. The highest BCUT2D eigenvalue weighted by Gasteiger charge is 2.19. The molecule has 1 atom stereocenters. The van der Waals surface area contributed by atoms with Crippen molar-refractivity contribution in [2.45, 2.75) is 26.0 Å². The molecule has 1 fully saturated rings. The lowest BCUT2D eigenvalue weighted by molar-refractivity contribution is -0.0321. The minimum atomic E-state index is 0.433. The molecule has 0 aliphatic carbocycles. The van der Waals surface area contributed by atoms with E-state index in [4.69, 9.17) is 4.74 Å². The zero-order valence-corrected chi connectivity index (χ0v) is 11.3. The molecular formula is C11H16BrNOS. The highest BCUT2D eigenvalue weighted by atomic mass is 79.9. The van der Waals surface area contributed by atoms with Crippen molar-refractivity contribution >= 4 is 27.3 Å². The molecule has 4 heteroatoms. The zero-order valence-electron chi connectivity index (χ0n) is 8.91. The first kappa shape index (κ1) is 11.6. The van der Waals surface area contributed by atoms with Crippen LogP contribution in [0.25, 0.3) is 0 Å². The van der Waals surface area contributed by atoms with E-state index in [9.17, 15) is 0 Å². The van der Waals surface area contributed by atoms with Crippen LogP contribution in [0.2, 0.25) is 0 Å². The van der Waals surface area contributed by atoms with E-state index in [0.717, 1.165) is 32.7 Å². The summed E-state index contributed by atoms with van der Waals surface area (Å²) in [6.07, 6.45) is 1.55. The molecule has 0 aromatic carbocycles. The van der Waals surface area contributed by atoms with Crippen molar-refractivity contribution in [2.24, 2.45) is 0 Å². The minimum absolute atomic E-state index is 0.433. The van der Waals surface area contributed by atoms with Gasteiger partial charge in [-0.1, -0.05) is 6.92 Å². The predicted octanol–water partition coefficient (Wildman–Crippen LogP) is 3.12. The quantitative estimate of drug-likeness (QED) is 0.848. The molecule has 84 valence electrons. The summed E-state index contributed by atoms with van der Waals surface area (Å²) < 4.78 is 6.85. The van der Waals surface area contributed by atoms with Crippen molar-refractivity contribution in [3.8, 4) is 0 Å². The fourth-order valence-corrected chi connectivity index (χ4v) is 3.32. The Hall–Kier alpha value is 0.1000. The first-order chi connectivity index (χ1) is 7.28. The van der Waals surface area contributed by atoms with Crippen LogP contribution in [0, 0.1) is 0 Å². The zero-order chi connectivity index (χ0) is 10.7. The molecule has 1 aliphatic rings. The maximum absolute atomic E-state index is 5.65. The Morgan fingerprint density at radius 3 is 3.20 bits per heavy atom. The van der Waals surface area contributed by atoms with E-state index >= 15 is 0 Å². The van der Waals surface area contributed by atoms with Crippen LogP contribution in [-0.4, -0.2) is 30.7 Å². The molecule has 0 radical (unpaired) electrons. The topological polar surface area (TPSA) is 12.5 Å². The summed E-state index contributed by atoms with van der Waals surface area (Å²) in [6, 6.07) is 2.21. The van der Waals surface area contributed by atoms with Crippen LogP contribution in [0.1, 0.15) is 18.2 Å². The first-order valence-corrected chi connectivity index (χ1v) is 7.02. The van der Waals surface area contributed by atoms with Crippen molar-refractivity contribution in [3.05, 3.63) is 20.8 Å². The average Bonchev–Trinajstić information content (AvgIpc) is 2.64. The summed E-state index contributed by atoms with van der Waals surface area (Å²) in [6.45, 7) is 6.27. The van der Waals surface area contributed by atoms with Crippen molar-refractivity contribution in [1.29, 1.82) is 0 Å². The van der Waals surface area contributed by atoms with Gasteiger partial charge in [0, 0.05) is 34.4 Å². The summed E-state index contributed by atoms with van der Waals surface area (Å²) in [5, 5.41) is 2.15. The number of hydrogen-bond donors (Lipinski definition) is 0. The second-order valence-electron chi connectivity index (χ2n) is 3.87. The van der Waals surface area contributed by atoms with Crippen molar-refractivity contribution < 1.29 is 4.74 Å². The number of nitrogens with zero attached hydrogens (tertiary/aromatic N) is 1. The van der Waals surface area contributed by atoms with Gasteiger partial charge in [0.25, 0.3) is 0 Å². The summed E-state index contributed by atoms with van der Waals surface area (Å²) in [5.41, 5.74) is 0. The number of halogens is 1. The molecular weight excluding hydrogens is 274 g/mol. The number of thiophene rings is 1. The summed E-state index contributed by atoms with van der Waals surface area (Å²) in [4.78, 5) is 3.91. The van der Waals surface area contributed by atoms with Crippen molar-refractivity contribution in [3.63, 3.8) is 0 Å². The standard InChI is InChI=1S/C11H16BrNOS/c1-2-10-6-13(3-4-14-10)7-11-5-9(12)8-15-11/h5,8,10H,2-4,6-7H2,1H3. The van der Waals surface area contributed by atoms with Gasteiger partial charge >= 0.3 is 0 Å². The normalized spacial score (nSPS) is 23.2. The molecule has 2 nitrogen and oxygen atoms in total. The third-order valence-electron chi connectivity index (χ3n) is 2.68. The first-order valence-electron chi connectivity index (χ1n) is 5.35. The SMILES string of the molecule is CCC1CN(Cc2cc(Br)cs2)CCO1. The highest BCUT2D eigenvalue weighted by molar-refractivity contribution is 9.10. The molecule has 1 aromatic heterocycles. The fraction of sp³-hybridized carbons (Fsp3) is 0.636. The maximum atomic E-state index is 5.65. The lowest BCUT2D eigenvalue weighted by Crippen LogP contribution is -2.41. The molecule has 0 bridgehead atoms. The van der Waals surface area contributed by atoms with Gasteiger partial charge in [-0.3, -0.25) is 4.90 Å². The molecule has 1 saturated heterocycles. The van der Waals surface area contributed by atoms with Gasteiger partial charge in [0.05, 0.1) is 12.7 Å². The lowest BCUT2D eigenvalue weighted by Gasteiger charge is -2.32. The van der Waals surface area contributed by atoms with Gasteiger partial charge in [-0.2, -0.15) is 0 Å². The minimum Gasteiger partial charge on any atom is -0.376 e. The van der Waals surface area contributed by atoms with Gasteiger partial charge in [0.2, 0.25) is 0 Å². The fourth-order valence-electron chi connectivity index (χ4n) is 1.83. The molecule has 0 N–H and O–H groups in total. The Morgan fingerprint density at radius 2 is 2.53 bits per heavy atom. The molecule has 15 heavy (non-hydrogen) atoms. The van der Waals surface area contributed by atoms with Gasteiger partial charge in [0.15, 0.2) is 0 Å². The van der Waals surface area contributed by atoms with Crippen LogP contribution in [0.5, 0.6) is 0 Å². The van der Waals surface area contributed by atoms with Crippen LogP contribution in [0.3, 0.4) is 0 Å². The summed E-state index contributed by atoms with van der Waals surface area (Å²) >= 11 is 5.31. The molecule has 0 amide bonds. The van der Waals surface area contributed by atoms with E-state index in [2.05, 4.69) is 39.2 Å².